The third-order valence-corrected chi connectivity index (χ3v) is 3.83. The number of benzene rings is 1. The molecular weight excluding hydrogens is 336 g/mol. The van der Waals surface area contributed by atoms with Gasteiger partial charge in [0.2, 0.25) is 0 Å². The minimum absolute atomic E-state index is 0.176. The van der Waals surface area contributed by atoms with Crippen LogP contribution >= 0.6 is 0 Å². The number of H-pyrrole nitrogens is 1. The van der Waals surface area contributed by atoms with E-state index in [-0.39, 0.29) is 11.4 Å². The van der Waals surface area contributed by atoms with Crippen LogP contribution in [0.5, 0.6) is 5.75 Å². The van der Waals surface area contributed by atoms with Crippen molar-refractivity contribution in [1.29, 1.82) is 0 Å². The van der Waals surface area contributed by atoms with Gasteiger partial charge in [-0.15, -0.1) is 0 Å². The lowest BCUT2D eigenvalue weighted by molar-refractivity contribution is 0.0684. The van der Waals surface area contributed by atoms with E-state index >= 15 is 0 Å². The number of pyridine rings is 1. The molecular formula is C18H16N4O4. The lowest BCUT2D eigenvalue weighted by Crippen LogP contribution is -2.30. The van der Waals surface area contributed by atoms with E-state index in [4.69, 9.17) is 9.84 Å². The summed E-state index contributed by atoms with van der Waals surface area (Å²) in [5.74, 6) is -1.16. The lowest BCUT2D eigenvalue weighted by Gasteiger charge is -2.19. The van der Waals surface area contributed by atoms with Crippen LogP contribution in [0.1, 0.15) is 38.1 Å². The zero-order chi connectivity index (χ0) is 18.5. The molecule has 0 radical (unpaired) electrons. The van der Waals surface area contributed by atoms with Gasteiger partial charge in [-0.25, -0.2) is 9.78 Å². The second-order valence-electron chi connectivity index (χ2n) is 5.39. The zero-order valence-corrected chi connectivity index (χ0v) is 13.8. The normalized spacial score (nSPS) is 11.6. The quantitative estimate of drug-likeness (QED) is 0.625. The smallest absolute Gasteiger partial charge is 0.354 e. The first-order chi connectivity index (χ1) is 12.6. The Morgan fingerprint density at radius 3 is 2.38 bits per heavy atom. The van der Waals surface area contributed by atoms with Gasteiger partial charge in [-0.1, -0.05) is 12.1 Å². The molecule has 8 nitrogen and oxygen atoms in total. The molecule has 26 heavy (non-hydrogen) atoms. The molecule has 1 atom stereocenters. The highest BCUT2D eigenvalue weighted by Gasteiger charge is 2.24. The van der Waals surface area contributed by atoms with E-state index in [2.05, 4.69) is 20.3 Å². The van der Waals surface area contributed by atoms with Crippen LogP contribution in [0, 0.1) is 0 Å². The number of aromatic nitrogens is 3. The van der Waals surface area contributed by atoms with Crippen molar-refractivity contribution in [1.82, 2.24) is 20.3 Å². The molecule has 0 aliphatic carbocycles. The number of aromatic amines is 1. The van der Waals surface area contributed by atoms with Crippen molar-refractivity contribution in [3.63, 3.8) is 0 Å². The second kappa shape index (κ2) is 7.47. The maximum absolute atomic E-state index is 12.6. The summed E-state index contributed by atoms with van der Waals surface area (Å²) in [6.45, 7) is 0. The number of amides is 1. The topological polar surface area (TPSA) is 117 Å². The summed E-state index contributed by atoms with van der Waals surface area (Å²) in [6, 6.07) is 10.3. The summed E-state index contributed by atoms with van der Waals surface area (Å²) in [5.41, 5.74) is 1.17. The maximum atomic E-state index is 12.6. The SMILES string of the molecule is COc1ccc(C(NC(=O)c2nc[nH]c2C(=O)O)c2ccncc2)cc1. The molecule has 0 saturated carbocycles. The van der Waals surface area contributed by atoms with Crippen molar-refractivity contribution in [3.8, 4) is 5.75 Å². The number of rotatable bonds is 6. The second-order valence-corrected chi connectivity index (χ2v) is 5.39. The predicted molar refractivity (Wildman–Crippen MR) is 92.1 cm³/mol. The molecule has 1 unspecified atom stereocenters. The van der Waals surface area contributed by atoms with Crippen LogP contribution in [0.2, 0.25) is 0 Å². The number of carboxylic acid groups (broad SMARTS) is 1. The van der Waals surface area contributed by atoms with Crippen LogP contribution in [0.4, 0.5) is 0 Å². The van der Waals surface area contributed by atoms with E-state index in [1.54, 1.807) is 43.8 Å². The molecule has 0 spiro atoms. The molecule has 3 rings (SSSR count). The van der Waals surface area contributed by atoms with Gasteiger partial charge in [0.25, 0.3) is 5.91 Å². The molecule has 2 aromatic heterocycles. The predicted octanol–water partition coefficient (Wildman–Crippen LogP) is 2.03. The third kappa shape index (κ3) is 3.54. The van der Waals surface area contributed by atoms with Gasteiger partial charge in [0, 0.05) is 12.4 Å². The van der Waals surface area contributed by atoms with E-state index in [0.717, 1.165) is 11.1 Å². The standard InChI is InChI=1S/C18H16N4O4/c1-26-13-4-2-11(3-5-13)14(12-6-8-19-9-7-12)22-17(23)15-16(18(24)25)21-10-20-15/h2-10,14H,1H3,(H,20,21)(H,22,23)(H,24,25). The molecule has 0 aliphatic heterocycles. The Morgan fingerprint density at radius 2 is 1.77 bits per heavy atom. The zero-order valence-electron chi connectivity index (χ0n) is 13.8. The molecule has 1 aromatic carbocycles. The highest BCUT2D eigenvalue weighted by Crippen LogP contribution is 2.24. The number of carboxylic acids is 1. The van der Waals surface area contributed by atoms with Gasteiger partial charge in [0.15, 0.2) is 11.4 Å². The average Bonchev–Trinajstić information content (AvgIpc) is 3.17. The number of nitrogens with zero attached hydrogens (tertiary/aromatic N) is 2. The summed E-state index contributed by atoms with van der Waals surface area (Å²) < 4.78 is 5.16. The first-order valence-electron chi connectivity index (χ1n) is 7.71. The summed E-state index contributed by atoms with van der Waals surface area (Å²) in [5, 5.41) is 12.0. The van der Waals surface area contributed by atoms with Gasteiger partial charge in [-0.05, 0) is 35.4 Å². The minimum atomic E-state index is -1.25. The first kappa shape index (κ1) is 17.2. The van der Waals surface area contributed by atoms with Crippen LogP contribution in [-0.4, -0.2) is 39.0 Å². The van der Waals surface area contributed by atoms with Crippen LogP contribution < -0.4 is 10.1 Å². The Kier molecular flexibility index (Phi) is 4.93. The Morgan fingerprint density at radius 1 is 1.12 bits per heavy atom. The number of ether oxygens (including phenoxy) is 1. The number of aromatic carboxylic acids is 1. The fourth-order valence-corrected chi connectivity index (χ4v) is 2.54. The Labute approximate surface area is 148 Å². The van der Waals surface area contributed by atoms with Crippen molar-refractivity contribution in [2.24, 2.45) is 0 Å². The number of hydrogen-bond donors (Lipinski definition) is 3. The number of imidazole rings is 1. The Balaban J connectivity index is 1.94. The molecule has 3 aromatic rings. The molecule has 0 bridgehead atoms. The number of hydrogen-bond acceptors (Lipinski definition) is 5. The van der Waals surface area contributed by atoms with Gasteiger partial charge >= 0.3 is 5.97 Å². The van der Waals surface area contributed by atoms with Crippen LogP contribution in [0.3, 0.4) is 0 Å². The van der Waals surface area contributed by atoms with Gasteiger partial charge in [-0.2, -0.15) is 0 Å². The molecule has 0 saturated heterocycles. The van der Waals surface area contributed by atoms with Crippen molar-refractivity contribution in [2.45, 2.75) is 6.04 Å². The monoisotopic (exact) mass is 352 g/mol. The summed E-state index contributed by atoms with van der Waals surface area (Å²) in [6.07, 6.45) is 4.41. The summed E-state index contributed by atoms with van der Waals surface area (Å²) >= 11 is 0. The van der Waals surface area contributed by atoms with E-state index in [9.17, 15) is 9.59 Å². The van der Waals surface area contributed by atoms with Crippen LogP contribution in [0.15, 0.2) is 55.1 Å². The fraction of sp³-hybridized carbons (Fsp3) is 0.111. The Bertz CT molecular complexity index is 906. The number of nitrogens with one attached hydrogen (secondary N) is 2. The largest absolute Gasteiger partial charge is 0.497 e. The van der Waals surface area contributed by atoms with Crippen LogP contribution in [-0.2, 0) is 0 Å². The van der Waals surface area contributed by atoms with E-state index < -0.39 is 17.9 Å². The molecule has 8 heteroatoms. The van der Waals surface area contributed by atoms with Gasteiger partial charge in [-0.3, -0.25) is 9.78 Å². The van der Waals surface area contributed by atoms with Crippen molar-refractivity contribution in [3.05, 3.63) is 77.6 Å². The molecule has 3 N–H and O–H groups in total. The Hall–Kier alpha value is -3.68. The third-order valence-electron chi connectivity index (χ3n) is 3.83. The number of methoxy groups -OCH3 is 1. The maximum Gasteiger partial charge on any atom is 0.354 e. The van der Waals surface area contributed by atoms with Crippen LogP contribution in [0.25, 0.3) is 0 Å². The molecule has 0 fully saturated rings. The molecule has 1 amide bonds. The summed E-state index contributed by atoms with van der Waals surface area (Å²) in [7, 11) is 1.57. The average molecular weight is 352 g/mol. The van der Waals surface area contributed by atoms with E-state index in [1.165, 1.54) is 6.33 Å². The fourth-order valence-electron chi connectivity index (χ4n) is 2.54. The van der Waals surface area contributed by atoms with Gasteiger partial charge in [0.05, 0.1) is 19.5 Å². The van der Waals surface area contributed by atoms with E-state index in [0.29, 0.717) is 5.75 Å². The van der Waals surface area contributed by atoms with E-state index in [1.807, 2.05) is 12.1 Å². The highest BCUT2D eigenvalue weighted by atomic mass is 16.5. The number of carbonyl (C=O) groups excluding carboxylic acids is 1. The first-order valence-corrected chi connectivity index (χ1v) is 7.71. The minimum Gasteiger partial charge on any atom is -0.497 e. The number of carbonyl (C=O) groups is 2. The molecule has 132 valence electrons. The van der Waals surface area contributed by atoms with Crippen molar-refractivity contribution < 1.29 is 19.4 Å². The highest BCUT2D eigenvalue weighted by molar-refractivity contribution is 6.02. The van der Waals surface area contributed by atoms with Gasteiger partial charge < -0.3 is 20.1 Å². The molecule has 0 aliphatic rings. The molecule has 2 heterocycles. The van der Waals surface area contributed by atoms with Gasteiger partial charge in [0.1, 0.15) is 5.75 Å². The summed E-state index contributed by atoms with van der Waals surface area (Å²) in [4.78, 5) is 34.1. The van der Waals surface area contributed by atoms with Crippen molar-refractivity contribution >= 4 is 11.9 Å². The van der Waals surface area contributed by atoms with Crippen molar-refractivity contribution in [2.75, 3.05) is 7.11 Å². The lowest BCUT2D eigenvalue weighted by atomic mass is 9.99.